The summed E-state index contributed by atoms with van der Waals surface area (Å²) in [6.07, 6.45) is -0.148. The van der Waals surface area contributed by atoms with Crippen LogP contribution in [0.2, 0.25) is 0 Å². The molecule has 5 heteroatoms. The number of hydrogen-bond acceptors (Lipinski definition) is 3. The van der Waals surface area contributed by atoms with Gasteiger partial charge in [-0.05, 0) is 17.5 Å². The zero-order valence-electron chi connectivity index (χ0n) is 11.3. The number of hydrogen-bond donors (Lipinski definition) is 1. The number of rotatable bonds is 5. The minimum absolute atomic E-state index is 0. The molecule has 0 aliphatic heterocycles. The number of ketones is 1. The van der Waals surface area contributed by atoms with E-state index in [0.717, 1.165) is 10.8 Å². The molecule has 0 heterocycles. The second-order valence-electron chi connectivity index (χ2n) is 4.18. The van der Waals surface area contributed by atoms with Crippen molar-refractivity contribution in [3.8, 4) is 5.75 Å². The number of carbonyl (C=O) groups is 2. The molecule has 0 aliphatic carbocycles. The third-order valence-electron chi connectivity index (χ3n) is 2.97. The molecule has 0 saturated heterocycles. The van der Waals surface area contributed by atoms with Gasteiger partial charge >= 0.3 is 29.0 Å². The van der Waals surface area contributed by atoms with Crippen LogP contribution in [0.5, 0.6) is 5.75 Å². The molecule has 2 aromatic rings. The number of methoxy groups -OCH3 is 1. The standard InChI is InChI=1S/C15H14O4.Mg/c1-19-14-8-6-11(13(16)7-9-15(17)18)10-4-2-3-5-12(10)14;/h2-6,8H,7,9H2,1H3,(H,17,18);/q;+2. The third-order valence-corrected chi connectivity index (χ3v) is 2.97. The normalized spacial score (nSPS) is 9.85. The van der Waals surface area contributed by atoms with Crippen molar-refractivity contribution in [1.29, 1.82) is 0 Å². The molecule has 98 valence electrons. The van der Waals surface area contributed by atoms with Gasteiger partial charge in [0.2, 0.25) is 0 Å². The summed E-state index contributed by atoms with van der Waals surface area (Å²) in [5, 5.41) is 10.3. The second-order valence-corrected chi connectivity index (χ2v) is 4.18. The minimum Gasteiger partial charge on any atom is -0.496 e. The van der Waals surface area contributed by atoms with Gasteiger partial charge in [0.25, 0.3) is 0 Å². The summed E-state index contributed by atoms with van der Waals surface area (Å²) in [6.45, 7) is 0. The van der Waals surface area contributed by atoms with Crippen LogP contribution >= 0.6 is 0 Å². The van der Waals surface area contributed by atoms with E-state index in [4.69, 9.17) is 9.84 Å². The number of Topliss-reactive ketones (excluding diaryl/α,β-unsaturated/α-hetero) is 1. The average molecular weight is 283 g/mol. The van der Waals surface area contributed by atoms with Crippen LogP contribution in [0.4, 0.5) is 0 Å². The Balaban J connectivity index is 0.00000200. The van der Waals surface area contributed by atoms with Crippen LogP contribution in [0.15, 0.2) is 36.4 Å². The van der Waals surface area contributed by atoms with Crippen molar-refractivity contribution < 1.29 is 19.4 Å². The van der Waals surface area contributed by atoms with Crippen LogP contribution in [0, 0.1) is 0 Å². The fourth-order valence-corrected chi connectivity index (χ4v) is 2.05. The predicted octanol–water partition coefficient (Wildman–Crippen LogP) is 2.52. The van der Waals surface area contributed by atoms with E-state index < -0.39 is 5.97 Å². The van der Waals surface area contributed by atoms with Crippen molar-refractivity contribution >= 4 is 45.6 Å². The summed E-state index contributed by atoms with van der Waals surface area (Å²) in [5.74, 6) is -0.433. The van der Waals surface area contributed by atoms with E-state index in [-0.39, 0.29) is 41.7 Å². The first-order valence-electron chi connectivity index (χ1n) is 5.94. The van der Waals surface area contributed by atoms with Gasteiger partial charge in [-0.2, -0.15) is 0 Å². The van der Waals surface area contributed by atoms with E-state index in [1.807, 2.05) is 24.3 Å². The van der Waals surface area contributed by atoms with Crippen molar-refractivity contribution in [2.45, 2.75) is 12.8 Å². The third kappa shape index (κ3) is 3.49. The fourth-order valence-electron chi connectivity index (χ4n) is 2.05. The minimum atomic E-state index is -0.967. The molecule has 2 aromatic carbocycles. The molecule has 2 rings (SSSR count). The van der Waals surface area contributed by atoms with Crippen LogP contribution in [0.25, 0.3) is 10.8 Å². The van der Waals surface area contributed by atoms with E-state index in [1.54, 1.807) is 19.2 Å². The number of fused-ring (bicyclic) bond motifs is 1. The van der Waals surface area contributed by atoms with Gasteiger partial charge in [-0.3, -0.25) is 9.59 Å². The van der Waals surface area contributed by atoms with Gasteiger partial charge in [-0.25, -0.2) is 0 Å². The van der Waals surface area contributed by atoms with Gasteiger partial charge in [-0.1, -0.05) is 24.3 Å². The monoisotopic (exact) mass is 282 g/mol. The summed E-state index contributed by atoms with van der Waals surface area (Å²) in [4.78, 5) is 22.6. The van der Waals surface area contributed by atoms with E-state index in [2.05, 4.69) is 0 Å². The van der Waals surface area contributed by atoms with E-state index in [0.29, 0.717) is 11.3 Å². The maximum absolute atomic E-state index is 12.1. The zero-order valence-corrected chi connectivity index (χ0v) is 12.7. The first kappa shape index (κ1) is 16.5. The summed E-state index contributed by atoms with van der Waals surface area (Å²) in [6, 6.07) is 10.8. The first-order valence-corrected chi connectivity index (χ1v) is 5.94. The summed E-state index contributed by atoms with van der Waals surface area (Å²) in [5.41, 5.74) is 0.539. The van der Waals surface area contributed by atoms with Crippen LogP contribution in [-0.2, 0) is 4.79 Å². The van der Waals surface area contributed by atoms with Gasteiger partial charge in [0.1, 0.15) is 5.75 Å². The smallest absolute Gasteiger partial charge is 0.496 e. The summed E-state index contributed by atoms with van der Waals surface area (Å²) in [7, 11) is 1.58. The number of carbonyl (C=O) groups excluding carboxylic acids is 1. The molecule has 0 spiro atoms. The van der Waals surface area contributed by atoms with Crippen molar-refractivity contribution in [3.63, 3.8) is 0 Å². The molecule has 1 N–H and O–H groups in total. The molecule has 0 amide bonds. The Hall–Kier alpha value is -1.59. The quantitative estimate of drug-likeness (QED) is 0.676. The molecule has 4 nitrogen and oxygen atoms in total. The molecular formula is C15H14MgO4+2. The molecule has 0 atom stereocenters. The molecule has 0 saturated carbocycles. The Kier molecular flexibility index (Phi) is 5.97. The van der Waals surface area contributed by atoms with E-state index >= 15 is 0 Å². The Morgan fingerprint density at radius 1 is 1.05 bits per heavy atom. The SMILES string of the molecule is COc1ccc(C(=O)CCC(=O)O)c2ccccc12.[Mg+2]. The Morgan fingerprint density at radius 3 is 2.30 bits per heavy atom. The Bertz CT molecular complexity index is 637. The number of aliphatic carboxylic acids is 1. The number of carboxylic acids is 1. The molecule has 0 fully saturated rings. The maximum atomic E-state index is 12.1. The van der Waals surface area contributed by atoms with Crippen molar-refractivity contribution in [2.24, 2.45) is 0 Å². The average Bonchev–Trinajstić information content (AvgIpc) is 2.43. The van der Waals surface area contributed by atoms with E-state index in [9.17, 15) is 9.59 Å². The van der Waals surface area contributed by atoms with Crippen molar-refractivity contribution in [1.82, 2.24) is 0 Å². The number of benzene rings is 2. The van der Waals surface area contributed by atoms with Gasteiger partial charge in [-0.15, -0.1) is 0 Å². The van der Waals surface area contributed by atoms with Crippen LogP contribution in [-0.4, -0.2) is 47.0 Å². The Labute approximate surface area is 132 Å². The Morgan fingerprint density at radius 2 is 1.70 bits per heavy atom. The number of ether oxygens (including phenoxy) is 1. The second kappa shape index (κ2) is 7.26. The molecular weight excluding hydrogens is 268 g/mol. The van der Waals surface area contributed by atoms with E-state index in [1.165, 1.54) is 0 Å². The van der Waals surface area contributed by atoms with Crippen molar-refractivity contribution in [3.05, 3.63) is 42.0 Å². The molecule has 0 bridgehead atoms. The van der Waals surface area contributed by atoms with Crippen molar-refractivity contribution in [2.75, 3.05) is 7.11 Å². The molecule has 0 aromatic heterocycles. The van der Waals surface area contributed by atoms with Crippen LogP contribution in [0.1, 0.15) is 23.2 Å². The zero-order chi connectivity index (χ0) is 13.8. The molecule has 20 heavy (non-hydrogen) atoms. The van der Waals surface area contributed by atoms with Crippen LogP contribution in [0.3, 0.4) is 0 Å². The maximum Gasteiger partial charge on any atom is 2.00 e. The fraction of sp³-hybridized carbons (Fsp3) is 0.200. The van der Waals surface area contributed by atoms with Gasteiger partial charge in [0, 0.05) is 17.4 Å². The molecule has 0 radical (unpaired) electrons. The van der Waals surface area contributed by atoms with Crippen LogP contribution < -0.4 is 4.74 Å². The van der Waals surface area contributed by atoms with Gasteiger partial charge in [0.05, 0.1) is 13.5 Å². The molecule has 0 aliphatic rings. The summed E-state index contributed by atoms with van der Waals surface area (Å²) < 4.78 is 5.25. The largest absolute Gasteiger partial charge is 2.00 e. The topological polar surface area (TPSA) is 63.6 Å². The molecule has 0 unspecified atom stereocenters. The summed E-state index contributed by atoms with van der Waals surface area (Å²) >= 11 is 0. The van der Waals surface area contributed by atoms with Gasteiger partial charge < -0.3 is 9.84 Å². The number of carboxylic acid groups (broad SMARTS) is 1. The predicted molar refractivity (Wildman–Crippen MR) is 77.5 cm³/mol. The van der Waals surface area contributed by atoms with Gasteiger partial charge in [0.15, 0.2) is 5.78 Å². The first-order chi connectivity index (χ1) is 9.13.